The topological polar surface area (TPSA) is 76.2 Å². The predicted octanol–water partition coefficient (Wildman–Crippen LogP) is 4.29. The van der Waals surface area contributed by atoms with Crippen LogP contribution in [0.15, 0.2) is 30.5 Å². The number of nitrogens with zero attached hydrogens (tertiary/aromatic N) is 4. The largest absolute Gasteiger partial charge is 0.434 e. The lowest BCUT2D eigenvalue weighted by atomic mass is 9.91. The number of pyridine rings is 1. The zero-order chi connectivity index (χ0) is 22.9. The predicted molar refractivity (Wildman–Crippen MR) is 115 cm³/mol. The Morgan fingerprint density at radius 2 is 1.88 bits per heavy atom. The number of imidazole rings is 1. The summed E-state index contributed by atoms with van der Waals surface area (Å²) in [5.41, 5.74) is 0.820. The molecule has 0 spiro atoms. The first kappa shape index (κ1) is 22.2. The van der Waals surface area contributed by atoms with Crippen molar-refractivity contribution in [3.8, 4) is 0 Å². The summed E-state index contributed by atoms with van der Waals surface area (Å²) in [4.78, 5) is 16.3. The molecule has 3 aromatic heterocycles. The Bertz CT molecular complexity index is 1070. The lowest BCUT2D eigenvalue weighted by Gasteiger charge is -2.30. The van der Waals surface area contributed by atoms with Gasteiger partial charge in [-0.25, -0.2) is 4.98 Å². The minimum Gasteiger partial charge on any atom is -0.368 e. The van der Waals surface area contributed by atoms with Crippen LogP contribution in [0, 0.1) is 0 Å². The molecule has 0 bridgehead atoms. The van der Waals surface area contributed by atoms with Crippen LogP contribution in [-0.4, -0.2) is 37.2 Å². The Kier molecular flexibility index (Phi) is 6.12. The van der Waals surface area contributed by atoms with E-state index in [4.69, 9.17) is 0 Å². The number of fused-ring (bicyclic) bond motifs is 1. The highest BCUT2D eigenvalue weighted by Gasteiger charge is 2.34. The zero-order valence-electron chi connectivity index (χ0n) is 18.1. The van der Waals surface area contributed by atoms with Gasteiger partial charge in [-0.15, -0.1) is 0 Å². The number of carbonyl (C=O) groups excluding carboxylic acids is 1. The first-order valence-corrected chi connectivity index (χ1v) is 11.0. The molecule has 3 heterocycles. The quantitative estimate of drug-likeness (QED) is 0.590. The number of hydrogen-bond acceptors (Lipinski definition) is 4. The number of anilines is 1. The maximum absolute atomic E-state index is 13.0. The molecular weight excluding hydrogens is 421 g/mol. The summed E-state index contributed by atoms with van der Waals surface area (Å²) in [6, 6.07) is 6.99. The van der Waals surface area contributed by atoms with Gasteiger partial charge in [0.1, 0.15) is 17.2 Å². The first-order valence-electron chi connectivity index (χ1n) is 11.0. The van der Waals surface area contributed by atoms with Crippen molar-refractivity contribution in [2.24, 2.45) is 0 Å². The molecule has 1 saturated carbocycles. The van der Waals surface area contributed by atoms with Gasteiger partial charge < -0.3 is 10.6 Å². The highest BCUT2D eigenvalue weighted by Crippen LogP contribution is 2.30. The SMILES string of the molecule is CCc1cc(C(=O)NC2CCC(Nc3cccc4nc(C(F)(F)F)cn34)CC2)nn1CC. The number of rotatable bonds is 6. The second kappa shape index (κ2) is 8.84. The van der Waals surface area contributed by atoms with Gasteiger partial charge in [-0.1, -0.05) is 13.0 Å². The number of nitrogens with one attached hydrogen (secondary N) is 2. The van der Waals surface area contributed by atoms with Gasteiger partial charge in [-0.05, 0) is 57.2 Å². The van der Waals surface area contributed by atoms with Gasteiger partial charge >= 0.3 is 6.18 Å². The number of carbonyl (C=O) groups is 1. The van der Waals surface area contributed by atoms with Gasteiger partial charge in [0.25, 0.3) is 5.91 Å². The summed E-state index contributed by atoms with van der Waals surface area (Å²) in [6.07, 6.45) is 0.517. The molecule has 0 aromatic carbocycles. The second-order valence-corrected chi connectivity index (χ2v) is 8.12. The Hall–Kier alpha value is -3.04. The summed E-state index contributed by atoms with van der Waals surface area (Å²) in [7, 11) is 0. The lowest BCUT2D eigenvalue weighted by molar-refractivity contribution is -0.140. The number of amides is 1. The van der Waals surface area contributed by atoms with Gasteiger partial charge in [0.15, 0.2) is 5.69 Å². The smallest absolute Gasteiger partial charge is 0.368 e. The van der Waals surface area contributed by atoms with Crippen LogP contribution in [0.3, 0.4) is 0 Å². The van der Waals surface area contributed by atoms with E-state index >= 15 is 0 Å². The second-order valence-electron chi connectivity index (χ2n) is 8.12. The molecule has 7 nitrogen and oxygen atoms in total. The summed E-state index contributed by atoms with van der Waals surface area (Å²) in [5.74, 6) is 0.418. The average Bonchev–Trinajstić information content (AvgIpc) is 3.39. The molecule has 0 atom stereocenters. The summed E-state index contributed by atoms with van der Waals surface area (Å²) < 4.78 is 42.3. The molecule has 1 amide bonds. The third kappa shape index (κ3) is 4.58. The number of halogens is 3. The fraction of sp³-hybridized carbons (Fsp3) is 0.500. The minimum absolute atomic E-state index is 0.0540. The van der Waals surface area contributed by atoms with E-state index < -0.39 is 11.9 Å². The van der Waals surface area contributed by atoms with Gasteiger partial charge in [0.05, 0.1) is 0 Å². The molecule has 0 radical (unpaired) electrons. The molecule has 0 aliphatic heterocycles. The zero-order valence-corrected chi connectivity index (χ0v) is 18.1. The van der Waals surface area contributed by atoms with E-state index in [1.54, 1.807) is 18.2 Å². The Labute approximate surface area is 184 Å². The first-order chi connectivity index (χ1) is 15.3. The van der Waals surface area contributed by atoms with Crippen molar-refractivity contribution in [2.75, 3.05) is 5.32 Å². The van der Waals surface area contributed by atoms with Gasteiger partial charge in [-0.3, -0.25) is 13.9 Å². The number of aromatic nitrogens is 4. The summed E-state index contributed by atoms with van der Waals surface area (Å²) in [6.45, 7) is 4.76. The van der Waals surface area contributed by atoms with E-state index in [0.717, 1.165) is 50.5 Å². The molecular formula is C22H27F3N6O. The van der Waals surface area contributed by atoms with Crippen LogP contribution in [0.5, 0.6) is 0 Å². The minimum atomic E-state index is -4.48. The van der Waals surface area contributed by atoms with Crippen molar-refractivity contribution >= 4 is 17.4 Å². The summed E-state index contributed by atoms with van der Waals surface area (Å²) >= 11 is 0. The van der Waals surface area contributed by atoms with Gasteiger partial charge in [-0.2, -0.15) is 18.3 Å². The number of aryl methyl sites for hydroxylation is 2. The molecule has 1 fully saturated rings. The van der Waals surface area contributed by atoms with E-state index in [1.807, 2.05) is 24.6 Å². The highest BCUT2D eigenvalue weighted by molar-refractivity contribution is 5.92. The fourth-order valence-electron chi connectivity index (χ4n) is 4.24. The van der Waals surface area contributed by atoms with E-state index in [-0.39, 0.29) is 23.6 Å². The van der Waals surface area contributed by atoms with Crippen LogP contribution in [0.1, 0.15) is 61.4 Å². The third-order valence-electron chi connectivity index (χ3n) is 5.95. The van der Waals surface area contributed by atoms with Crippen molar-refractivity contribution < 1.29 is 18.0 Å². The number of hydrogen-bond donors (Lipinski definition) is 2. The van der Waals surface area contributed by atoms with Crippen LogP contribution >= 0.6 is 0 Å². The van der Waals surface area contributed by atoms with E-state index in [2.05, 4.69) is 20.7 Å². The van der Waals surface area contributed by atoms with Gasteiger partial charge in [0, 0.05) is 30.5 Å². The molecule has 0 unspecified atom stereocenters. The number of alkyl halides is 3. The lowest BCUT2D eigenvalue weighted by Crippen LogP contribution is -2.40. The maximum Gasteiger partial charge on any atom is 0.434 e. The summed E-state index contributed by atoms with van der Waals surface area (Å²) in [5, 5.41) is 10.8. The maximum atomic E-state index is 13.0. The van der Waals surface area contributed by atoms with Gasteiger partial charge in [0.2, 0.25) is 0 Å². The normalized spacial score (nSPS) is 19.3. The fourth-order valence-corrected chi connectivity index (χ4v) is 4.24. The Morgan fingerprint density at radius 3 is 2.50 bits per heavy atom. The van der Waals surface area contributed by atoms with Crippen LogP contribution in [0.4, 0.5) is 19.0 Å². The van der Waals surface area contributed by atoms with E-state index in [0.29, 0.717) is 11.5 Å². The average molecular weight is 448 g/mol. The Balaban J connectivity index is 1.36. The van der Waals surface area contributed by atoms with Crippen LogP contribution in [0.2, 0.25) is 0 Å². The van der Waals surface area contributed by atoms with E-state index in [9.17, 15) is 18.0 Å². The van der Waals surface area contributed by atoms with E-state index in [1.165, 1.54) is 4.40 Å². The molecule has 1 aliphatic rings. The third-order valence-corrected chi connectivity index (χ3v) is 5.95. The van der Waals surface area contributed by atoms with Crippen molar-refractivity contribution in [2.45, 2.75) is 70.8 Å². The Morgan fingerprint density at radius 1 is 1.16 bits per heavy atom. The molecule has 2 N–H and O–H groups in total. The van der Waals surface area contributed by atoms with Crippen LogP contribution < -0.4 is 10.6 Å². The van der Waals surface area contributed by atoms with Crippen molar-refractivity contribution in [3.63, 3.8) is 0 Å². The van der Waals surface area contributed by atoms with Crippen molar-refractivity contribution in [1.29, 1.82) is 0 Å². The molecule has 10 heteroatoms. The molecule has 0 saturated heterocycles. The highest BCUT2D eigenvalue weighted by atomic mass is 19.4. The monoisotopic (exact) mass is 448 g/mol. The van der Waals surface area contributed by atoms with Crippen molar-refractivity contribution in [1.82, 2.24) is 24.5 Å². The van der Waals surface area contributed by atoms with Crippen LogP contribution in [-0.2, 0) is 19.1 Å². The molecule has 32 heavy (non-hydrogen) atoms. The molecule has 1 aliphatic carbocycles. The van der Waals surface area contributed by atoms with Crippen LogP contribution in [0.25, 0.3) is 5.65 Å². The molecule has 3 aromatic rings. The van der Waals surface area contributed by atoms with Crippen molar-refractivity contribution in [3.05, 3.63) is 47.5 Å². The standard InChI is InChI=1S/C22H27F3N6O/c1-3-16-12-17(29-31(16)4-2)21(32)27-15-10-8-14(9-11-15)26-19-6-5-7-20-28-18(13-30(19)20)22(23,24)25/h5-7,12-15,26H,3-4,8-11H2,1-2H3,(H,27,32). The molecule has 172 valence electrons. The molecule has 4 rings (SSSR count).